The van der Waals surface area contributed by atoms with Crippen molar-refractivity contribution in [3.05, 3.63) is 76.5 Å². The van der Waals surface area contributed by atoms with Crippen LogP contribution in [0.15, 0.2) is 48.8 Å². The Labute approximate surface area is 250 Å². The van der Waals surface area contributed by atoms with E-state index in [0.717, 1.165) is 47.1 Å². The van der Waals surface area contributed by atoms with E-state index in [0.29, 0.717) is 37.0 Å². The maximum Gasteiger partial charge on any atom is 0.318 e. The molecule has 0 spiro atoms. The molecule has 1 fully saturated rings. The number of fused-ring (bicyclic) bond motifs is 2. The number of nitrogens with one attached hydrogen (secondary N) is 2. The van der Waals surface area contributed by atoms with Crippen LogP contribution in [-0.2, 0) is 17.8 Å². The summed E-state index contributed by atoms with van der Waals surface area (Å²) in [6.07, 6.45) is 2.80. The highest BCUT2D eigenvalue weighted by molar-refractivity contribution is 6.36. The van der Waals surface area contributed by atoms with Crippen molar-refractivity contribution in [2.45, 2.75) is 44.8 Å². The molecule has 2 aliphatic rings. The number of carbonyl (C=O) groups excluding carboxylic acids is 1. The van der Waals surface area contributed by atoms with E-state index in [1.807, 2.05) is 18.2 Å². The number of ether oxygens (including phenoxy) is 1. The Kier molecular flexibility index (Phi) is 9.40. The summed E-state index contributed by atoms with van der Waals surface area (Å²) >= 11 is 6.65. The fraction of sp³-hybridized carbons (Fsp3) is 0.419. The molecule has 1 aromatic heterocycles. The van der Waals surface area contributed by atoms with Gasteiger partial charge in [-0.1, -0.05) is 42.4 Å². The monoisotopic (exact) mass is 591 g/mol. The Morgan fingerprint density at radius 3 is 2.88 bits per heavy atom. The second-order valence-corrected chi connectivity index (χ2v) is 10.9. The number of anilines is 2. The van der Waals surface area contributed by atoms with Gasteiger partial charge in [-0.3, -0.25) is 4.79 Å². The quantitative estimate of drug-likeness (QED) is 0.239. The van der Waals surface area contributed by atoms with Gasteiger partial charge >= 0.3 is 6.01 Å². The summed E-state index contributed by atoms with van der Waals surface area (Å²) in [6.45, 7) is 15.5. The van der Waals surface area contributed by atoms with Crippen LogP contribution in [0, 0.1) is 6.57 Å². The molecular weight excluding hydrogens is 557 g/mol. The maximum absolute atomic E-state index is 13.7. The van der Waals surface area contributed by atoms with Crippen LogP contribution < -0.4 is 20.3 Å². The number of aromatic nitrogens is 2. The minimum absolute atomic E-state index is 0.0134. The van der Waals surface area contributed by atoms with Crippen molar-refractivity contribution in [1.82, 2.24) is 20.2 Å². The van der Waals surface area contributed by atoms with E-state index in [2.05, 4.69) is 45.2 Å². The van der Waals surface area contributed by atoms with Gasteiger partial charge in [-0.2, -0.15) is 9.97 Å². The number of amides is 1. The third-order valence-corrected chi connectivity index (χ3v) is 8.19. The van der Waals surface area contributed by atoms with Gasteiger partial charge < -0.3 is 30.0 Å². The molecule has 2 N–H and O–H groups in total. The SMILES string of the molecule is [C-]#[N+]C[C@@H](CNc1nc(OC[C@@H]2CCCN2)nc2c1CCN(c1cccc3cccc(Cl)c13)C2)N(CC)C(=O)C(=C)F. The molecule has 2 aromatic carbocycles. The minimum atomic E-state index is -1.05. The molecule has 11 heteroatoms. The van der Waals surface area contributed by atoms with Crippen molar-refractivity contribution >= 4 is 39.8 Å². The lowest BCUT2D eigenvalue weighted by Crippen LogP contribution is -2.46. The van der Waals surface area contributed by atoms with E-state index in [4.69, 9.17) is 32.9 Å². The molecule has 0 saturated carbocycles. The number of hydrogen-bond acceptors (Lipinski definition) is 7. The zero-order valence-electron chi connectivity index (χ0n) is 23.7. The van der Waals surface area contributed by atoms with Crippen molar-refractivity contribution in [2.24, 2.45) is 0 Å². The first kappa shape index (κ1) is 29.5. The van der Waals surface area contributed by atoms with E-state index < -0.39 is 17.8 Å². The Morgan fingerprint density at radius 2 is 2.17 bits per heavy atom. The molecule has 3 heterocycles. The van der Waals surface area contributed by atoms with Gasteiger partial charge in [0.15, 0.2) is 5.83 Å². The lowest BCUT2D eigenvalue weighted by molar-refractivity contribution is -0.130. The first-order chi connectivity index (χ1) is 20.4. The van der Waals surface area contributed by atoms with Gasteiger partial charge in [0.25, 0.3) is 5.91 Å². The van der Waals surface area contributed by atoms with Crippen LogP contribution in [0.3, 0.4) is 0 Å². The molecule has 1 saturated heterocycles. The average molecular weight is 592 g/mol. The number of halogens is 2. The molecule has 0 aliphatic carbocycles. The van der Waals surface area contributed by atoms with Gasteiger partial charge in [-0.15, -0.1) is 0 Å². The van der Waals surface area contributed by atoms with Crippen LogP contribution in [0.4, 0.5) is 15.9 Å². The second-order valence-electron chi connectivity index (χ2n) is 10.5. The molecule has 2 aliphatic heterocycles. The van der Waals surface area contributed by atoms with Crippen LogP contribution in [0.5, 0.6) is 6.01 Å². The highest BCUT2D eigenvalue weighted by Crippen LogP contribution is 2.36. The number of hydrogen-bond donors (Lipinski definition) is 2. The highest BCUT2D eigenvalue weighted by Gasteiger charge is 2.29. The molecular formula is C31H35ClFN7O2. The number of benzene rings is 2. The first-order valence-corrected chi connectivity index (χ1v) is 14.7. The van der Waals surface area contributed by atoms with Crippen molar-refractivity contribution in [3.63, 3.8) is 0 Å². The van der Waals surface area contributed by atoms with Crippen molar-refractivity contribution in [2.75, 3.05) is 49.5 Å². The summed E-state index contributed by atoms with van der Waals surface area (Å²) in [5, 5.41) is 9.55. The first-order valence-electron chi connectivity index (χ1n) is 14.3. The van der Waals surface area contributed by atoms with Gasteiger partial charge in [-0.05, 0) is 50.2 Å². The van der Waals surface area contributed by atoms with Crippen LogP contribution in [-0.4, -0.2) is 72.2 Å². The van der Waals surface area contributed by atoms with Crippen molar-refractivity contribution < 1.29 is 13.9 Å². The van der Waals surface area contributed by atoms with E-state index in [-0.39, 0.29) is 31.7 Å². The van der Waals surface area contributed by atoms with Gasteiger partial charge in [0.05, 0.1) is 17.3 Å². The average Bonchev–Trinajstić information content (AvgIpc) is 3.52. The zero-order valence-corrected chi connectivity index (χ0v) is 24.5. The van der Waals surface area contributed by atoms with Gasteiger partial charge in [0.1, 0.15) is 18.5 Å². The maximum atomic E-state index is 13.7. The Bertz CT molecular complexity index is 1500. The summed E-state index contributed by atoms with van der Waals surface area (Å²) in [6, 6.07) is 12.0. The predicted molar refractivity (Wildman–Crippen MR) is 164 cm³/mol. The number of nitrogens with zero attached hydrogens (tertiary/aromatic N) is 5. The normalized spacial score (nSPS) is 16.9. The summed E-state index contributed by atoms with van der Waals surface area (Å²) in [5.74, 6) is -1.26. The topological polar surface area (TPSA) is 87.0 Å². The lowest BCUT2D eigenvalue weighted by Gasteiger charge is -2.32. The largest absolute Gasteiger partial charge is 0.462 e. The lowest BCUT2D eigenvalue weighted by atomic mass is 10.0. The molecule has 0 radical (unpaired) electrons. The number of likely N-dealkylation sites (N-methyl/N-ethyl adjacent to an activating group) is 1. The summed E-state index contributed by atoms with van der Waals surface area (Å²) in [7, 11) is 0. The molecule has 5 rings (SSSR count). The second kappa shape index (κ2) is 13.4. The number of rotatable bonds is 11. The third kappa shape index (κ3) is 6.42. The molecule has 1 amide bonds. The van der Waals surface area contributed by atoms with Crippen LogP contribution >= 0.6 is 11.6 Å². The van der Waals surface area contributed by atoms with Crippen LogP contribution in [0.25, 0.3) is 15.6 Å². The Morgan fingerprint density at radius 1 is 1.36 bits per heavy atom. The molecule has 9 nitrogen and oxygen atoms in total. The fourth-order valence-electron chi connectivity index (χ4n) is 5.75. The van der Waals surface area contributed by atoms with Crippen molar-refractivity contribution in [1.29, 1.82) is 0 Å². The summed E-state index contributed by atoms with van der Waals surface area (Å²) < 4.78 is 19.8. The predicted octanol–water partition coefficient (Wildman–Crippen LogP) is 5.01. The molecule has 220 valence electrons. The summed E-state index contributed by atoms with van der Waals surface area (Å²) in [4.78, 5) is 29.1. The molecule has 42 heavy (non-hydrogen) atoms. The Hall–Kier alpha value is -3.94. The fourth-order valence-corrected chi connectivity index (χ4v) is 6.03. The molecule has 0 bridgehead atoms. The van der Waals surface area contributed by atoms with Gasteiger partial charge in [0, 0.05) is 42.3 Å². The minimum Gasteiger partial charge on any atom is -0.462 e. The smallest absolute Gasteiger partial charge is 0.318 e. The van der Waals surface area contributed by atoms with Crippen LogP contribution in [0.1, 0.15) is 31.0 Å². The Balaban J connectivity index is 1.44. The van der Waals surface area contributed by atoms with Gasteiger partial charge in [-0.25, -0.2) is 11.0 Å². The van der Waals surface area contributed by atoms with E-state index in [9.17, 15) is 9.18 Å². The van der Waals surface area contributed by atoms with E-state index >= 15 is 0 Å². The van der Waals surface area contributed by atoms with E-state index in [1.54, 1.807) is 6.92 Å². The highest BCUT2D eigenvalue weighted by atomic mass is 35.5. The van der Waals surface area contributed by atoms with E-state index in [1.165, 1.54) is 4.90 Å². The number of carbonyl (C=O) groups is 1. The zero-order chi connectivity index (χ0) is 29.6. The third-order valence-electron chi connectivity index (χ3n) is 7.87. The standard InChI is InChI=1S/C31H35ClFN7O2/c1-4-40(30(41)20(2)33)23(16-34-3)17-36-29-24-13-15-39(27-12-6-9-21-8-5-11-25(32)28(21)27)18-26(24)37-31(38-29)42-19-22-10-7-14-35-22/h5-6,8-9,11-12,22-23,35H,2,4,7,10,13-19H2,1H3,(H,36,37,38)/t22-,23-/m0/s1. The molecule has 0 unspecified atom stereocenters. The van der Waals surface area contributed by atoms with Crippen LogP contribution in [0.2, 0.25) is 5.02 Å². The van der Waals surface area contributed by atoms with Gasteiger partial charge in [0.2, 0.25) is 6.54 Å². The molecule has 2 atom stereocenters. The molecule has 3 aromatic rings. The van der Waals surface area contributed by atoms with Crippen molar-refractivity contribution in [3.8, 4) is 6.01 Å². The summed E-state index contributed by atoms with van der Waals surface area (Å²) in [5.41, 5.74) is 2.82.